The molecule has 0 amide bonds. The van der Waals surface area contributed by atoms with Gasteiger partial charge in [-0.2, -0.15) is 0 Å². The molecule has 0 saturated carbocycles. The Kier molecular flexibility index (Phi) is 3.37. The summed E-state index contributed by atoms with van der Waals surface area (Å²) in [5.74, 6) is 0.216. The Labute approximate surface area is 81.2 Å². The van der Waals surface area contributed by atoms with E-state index in [0.29, 0.717) is 11.3 Å². The molecular weight excluding hydrogens is 195 g/mol. The van der Waals surface area contributed by atoms with Gasteiger partial charge >= 0.3 is 0 Å². The minimum absolute atomic E-state index is 0.0617. The molecule has 0 aliphatic heterocycles. The van der Waals surface area contributed by atoms with Crippen LogP contribution >= 0.6 is 11.6 Å². The standard InChI is InChI=1S/C9H10ClFO2/c1-12-7-3-4-8(13-2)9(11)6(7)5-10/h3-4H,5H2,1-2H3. The van der Waals surface area contributed by atoms with Crippen molar-refractivity contribution in [3.63, 3.8) is 0 Å². The smallest absolute Gasteiger partial charge is 0.173 e. The van der Waals surface area contributed by atoms with Gasteiger partial charge in [-0.05, 0) is 12.1 Å². The fourth-order valence-corrected chi connectivity index (χ4v) is 1.30. The highest BCUT2D eigenvalue weighted by molar-refractivity contribution is 6.17. The summed E-state index contributed by atoms with van der Waals surface area (Å²) in [4.78, 5) is 0. The first-order valence-corrected chi connectivity index (χ1v) is 4.23. The summed E-state index contributed by atoms with van der Waals surface area (Å²) >= 11 is 5.57. The van der Waals surface area contributed by atoms with Crippen LogP contribution in [0.4, 0.5) is 4.39 Å². The second-order valence-corrected chi connectivity index (χ2v) is 2.66. The van der Waals surface area contributed by atoms with Gasteiger partial charge in [0.25, 0.3) is 0 Å². The maximum Gasteiger partial charge on any atom is 0.173 e. The highest BCUT2D eigenvalue weighted by atomic mass is 35.5. The van der Waals surface area contributed by atoms with E-state index < -0.39 is 5.82 Å². The molecular formula is C9H10ClFO2. The van der Waals surface area contributed by atoms with Gasteiger partial charge in [-0.15, -0.1) is 11.6 Å². The SMILES string of the molecule is COc1ccc(OC)c(CCl)c1F. The third-order valence-corrected chi connectivity index (χ3v) is 2.01. The van der Waals surface area contributed by atoms with E-state index in [4.69, 9.17) is 21.1 Å². The van der Waals surface area contributed by atoms with E-state index in [0.717, 1.165) is 0 Å². The highest BCUT2D eigenvalue weighted by Gasteiger charge is 2.13. The molecule has 0 aliphatic rings. The number of ether oxygens (including phenoxy) is 2. The van der Waals surface area contributed by atoms with E-state index in [1.165, 1.54) is 20.3 Å². The predicted molar refractivity (Wildman–Crippen MR) is 49.1 cm³/mol. The topological polar surface area (TPSA) is 18.5 Å². The van der Waals surface area contributed by atoms with E-state index in [1.807, 2.05) is 0 Å². The molecule has 0 aliphatic carbocycles. The van der Waals surface area contributed by atoms with Crippen molar-refractivity contribution in [3.8, 4) is 11.5 Å². The summed E-state index contributed by atoms with van der Waals surface area (Å²) in [7, 11) is 2.88. The first kappa shape index (κ1) is 10.1. The molecule has 0 bridgehead atoms. The predicted octanol–water partition coefficient (Wildman–Crippen LogP) is 2.58. The van der Waals surface area contributed by atoms with Gasteiger partial charge in [0, 0.05) is 5.56 Å². The molecule has 0 fully saturated rings. The largest absolute Gasteiger partial charge is 0.496 e. The zero-order valence-corrected chi connectivity index (χ0v) is 8.19. The van der Waals surface area contributed by atoms with Crippen LogP contribution in [0.15, 0.2) is 12.1 Å². The Bertz CT molecular complexity index is 302. The fraction of sp³-hybridized carbons (Fsp3) is 0.333. The van der Waals surface area contributed by atoms with Crippen LogP contribution in [0.3, 0.4) is 0 Å². The summed E-state index contributed by atoms with van der Waals surface area (Å²) in [6, 6.07) is 3.13. The van der Waals surface area contributed by atoms with Gasteiger partial charge in [0.2, 0.25) is 0 Å². The molecule has 0 atom stereocenters. The van der Waals surface area contributed by atoms with Crippen LogP contribution in [0, 0.1) is 5.82 Å². The monoisotopic (exact) mass is 204 g/mol. The quantitative estimate of drug-likeness (QED) is 0.705. The van der Waals surface area contributed by atoms with Gasteiger partial charge in [0.1, 0.15) is 5.75 Å². The summed E-state index contributed by atoms with van der Waals surface area (Å²) in [6.07, 6.45) is 0. The summed E-state index contributed by atoms with van der Waals surface area (Å²) in [5, 5.41) is 0. The van der Waals surface area contributed by atoms with Crippen LogP contribution in [0.1, 0.15) is 5.56 Å². The Morgan fingerprint density at radius 1 is 1.23 bits per heavy atom. The Morgan fingerprint density at radius 3 is 2.23 bits per heavy atom. The average molecular weight is 205 g/mol. The molecule has 0 saturated heterocycles. The molecule has 0 aromatic heterocycles. The molecule has 4 heteroatoms. The van der Waals surface area contributed by atoms with Crippen molar-refractivity contribution in [2.24, 2.45) is 0 Å². The minimum Gasteiger partial charge on any atom is -0.496 e. The molecule has 0 heterocycles. The average Bonchev–Trinajstić information content (AvgIpc) is 2.17. The zero-order valence-electron chi connectivity index (χ0n) is 7.43. The van der Waals surface area contributed by atoms with Crippen LogP contribution in [-0.4, -0.2) is 14.2 Å². The Morgan fingerprint density at radius 2 is 1.77 bits per heavy atom. The number of halogens is 2. The van der Waals surface area contributed by atoms with E-state index in [1.54, 1.807) is 6.07 Å². The maximum atomic E-state index is 13.4. The van der Waals surface area contributed by atoms with Crippen LogP contribution in [0.5, 0.6) is 11.5 Å². The summed E-state index contributed by atoms with van der Waals surface area (Å²) in [5.41, 5.74) is 0.323. The molecule has 13 heavy (non-hydrogen) atoms. The first-order valence-electron chi connectivity index (χ1n) is 3.70. The number of hydrogen-bond acceptors (Lipinski definition) is 2. The lowest BCUT2D eigenvalue weighted by Crippen LogP contribution is -1.96. The Hall–Kier alpha value is -0.960. The molecule has 0 unspecified atom stereocenters. The fourth-order valence-electron chi connectivity index (χ4n) is 1.06. The maximum absolute atomic E-state index is 13.4. The molecule has 0 N–H and O–H groups in total. The number of methoxy groups -OCH3 is 2. The van der Waals surface area contributed by atoms with Gasteiger partial charge in [-0.1, -0.05) is 0 Å². The van der Waals surface area contributed by atoms with Crippen molar-refractivity contribution < 1.29 is 13.9 Å². The Balaban J connectivity index is 3.23. The van der Waals surface area contributed by atoms with Gasteiger partial charge in [0.15, 0.2) is 11.6 Å². The number of benzene rings is 1. The van der Waals surface area contributed by atoms with E-state index in [2.05, 4.69) is 0 Å². The van der Waals surface area contributed by atoms with Crippen LogP contribution < -0.4 is 9.47 Å². The molecule has 1 rings (SSSR count). The summed E-state index contributed by atoms with van der Waals surface area (Å²) < 4.78 is 23.2. The number of alkyl halides is 1. The van der Waals surface area contributed by atoms with Gasteiger partial charge < -0.3 is 9.47 Å². The minimum atomic E-state index is -0.461. The molecule has 1 aromatic carbocycles. The van der Waals surface area contributed by atoms with Crippen molar-refractivity contribution in [1.29, 1.82) is 0 Å². The summed E-state index contributed by atoms with van der Waals surface area (Å²) in [6.45, 7) is 0. The molecule has 1 aromatic rings. The van der Waals surface area contributed by atoms with Crippen LogP contribution in [-0.2, 0) is 5.88 Å². The van der Waals surface area contributed by atoms with E-state index in [-0.39, 0.29) is 11.6 Å². The lowest BCUT2D eigenvalue weighted by Gasteiger charge is -2.09. The number of rotatable bonds is 3. The normalized spacial score (nSPS) is 9.85. The van der Waals surface area contributed by atoms with Crippen molar-refractivity contribution >= 4 is 11.6 Å². The highest BCUT2D eigenvalue weighted by Crippen LogP contribution is 2.29. The van der Waals surface area contributed by atoms with Gasteiger partial charge in [0.05, 0.1) is 20.1 Å². The van der Waals surface area contributed by atoms with Crippen LogP contribution in [0.25, 0.3) is 0 Å². The second kappa shape index (κ2) is 4.33. The second-order valence-electron chi connectivity index (χ2n) is 2.40. The van der Waals surface area contributed by atoms with E-state index >= 15 is 0 Å². The van der Waals surface area contributed by atoms with Crippen molar-refractivity contribution in [1.82, 2.24) is 0 Å². The lowest BCUT2D eigenvalue weighted by molar-refractivity contribution is 0.373. The van der Waals surface area contributed by atoms with Crippen molar-refractivity contribution in [3.05, 3.63) is 23.5 Å². The zero-order chi connectivity index (χ0) is 9.84. The first-order chi connectivity index (χ1) is 6.24. The lowest BCUT2D eigenvalue weighted by atomic mass is 10.2. The van der Waals surface area contributed by atoms with Crippen molar-refractivity contribution in [2.45, 2.75) is 5.88 Å². The third-order valence-electron chi connectivity index (χ3n) is 1.74. The molecule has 2 nitrogen and oxygen atoms in total. The third kappa shape index (κ3) is 1.86. The number of hydrogen-bond donors (Lipinski definition) is 0. The van der Waals surface area contributed by atoms with E-state index in [9.17, 15) is 4.39 Å². The molecule has 0 spiro atoms. The van der Waals surface area contributed by atoms with Crippen molar-refractivity contribution in [2.75, 3.05) is 14.2 Å². The molecule has 72 valence electrons. The molecule has 0 radical (unpaired) electrons. The van der Waals surface area contributed by atoms with Crippen LogP contribution in [0.2, 0.25) is 0 Å². The van der Waals surface area contributed by atoms with Gasteiger partial charge in [-0.3, -0.25) is 0 Å². The van der Waals surface area contributed by atoms with Gasteiger partial charge in [-0.25, -0.2) is 4.39 Å².